The molecule has 4 rings (SSSR count). The lowest BCUT2D eigenvalue weighted by atomic mass is 10.0. The highest BCUT2D eigenvalue weighted by Crippen LogP contribution is 2.40. The Labute approximate surface area is 155 Å². The standard InChI is InChI=1S/C20H18N4OS/c1-12(2)20(25)22-19-18-16(23-24-19)10-17(26-18)15-11-21-9-8-14(15)13-6-4-3-5-7-13/h3-12H,1-2H3,(H2,22,23,24,25). The van der Waals surface area contributed by atoms with Gasteiger partial charge in [-0.1, -0.05) is 44.2 Å². The average Bonchev–Trinajstić information content (AvgIpc) is 3.24. The highest BCUT2D eigenvalue weighted by Gasteiger charge is 2.17. The first-order valence-corrected chi connectivity index (χ1v) is 9.23. The van der Waals surface area contributed by atoms with Gasteiger partial charge < -0.3 is 5.32 Å². The molecule has 3 aromatic heterocycles. The zero-order valence-corrected chi connectivity index (χ0v) is 15.3. The number of anilines is 1. The summed E-state index contributed by atoms with van der Waals surface area (Å²) in [5.41, 5.74) is 4.25. The van der Waals surface area contributed by atoms with Crippen LogP contribution in [0.4, 0.5) is 5.82 Å². The second-order valence-corrected chi connectivity index (χ2v) is 7.41. The van der Waals surface area contributed by atoms with Gasteiger partial charge in [0.15, 0.2) is 5.82 Å². The molecule has 4 aromatic rings. The molecule has 0 bridgehead atoms. The number of amides is 1. The number of thiophene rings is 1. The van der Waals surface area contributed by atoms with E-state index in [0.717, 1.165) is 31.8 Å². The Bertz CT molecular complexity index is 1070. The van der Waals surface area contributed by atoms with Crippen molar-refractivity contribution in [2.45, 2.75) is 13.8 Å². The topological polar surface area (TPSA) is 70.7 Å². The van der Waals surface area contributed by atoms with E-state index in [1.54, 1.807) is 17.5 Å². The molecule has 1 aromatic carbocycles. The second-order valence-electron chi connectivity index (χ2n) is 6.36. The van der Waals surface area contributed by atoms with Crippen molar-refractivity contribution in [1.82, 2.24) is 15.2 Å². The lowest BCUT2D eigenvalue weighted by Crippen LogP contribution is -2.17. The third-order valence-electron chi connectivity index (χ3n) is 4.17. The van der Waals surface area contributed by atoms with Gasteiger partial charge in [-0.25, -0.2) is 0 Å². The summed E-state index contributed by atoms with van der Waals surface area (Å²) in [6, 6.07) is 14.3. The molecule has 130 valence electrons. The van der Waals surface area contributed by atoms with Gasteiger partial charge in [0.25, 0.3) is 0 Å². The summed E-state index contributed by atoms with van der Waals surface area (Å²) in [6.45, 7) is 3.72. The largest absolute Gasteiger partial charge is 0.308 e. The van der Waals surface area contributed by atoms with Crippen LogP contribution in [0.3, 0.4) is 0 Å². The highest BCUT2D eigenvalue weighted by molar-refractivity contribution is 7.22. The number of rotatable bonds is 4. The SMILES string of the molecule is CC(C)C(=O)Nc1n[nH]c2cc(-c3cnccc3-c3ccccc3)sc12. The number of pyridine rings is 1. The maximum Gasteiger partial charge on any atom is 0.228 e. The van der Waals surface area contributed by atoms with Gasteiger partial charge >= 0.3 is 0 Å². The third kappa shape index (κ3) is 2.99. The molecule has 0 unspecified atom stereocenters. The van der Waals surface area contributed by atoms with Crippen LogP contribution in [0.5, 0.6) is 0 Å². The van der Waals surface area contributed by atoms with Crippen LogP contribution in [0.2, 0.25) is 0 Å². The first-order chi connectivity index (χ1) is 12.6. The number of H-pyrrole nitrogens is 1. The molecule has 0 saturated carbocycles. The van der Waals surface area contributed by atoms with Gasteiger partial charge in [0.05, 0.1) is 10.2 Å². The molecule has 0 atom stereocenters. The van der Waals surface area contributed by atoms with E-state index in [1.807, 2.05) is 44.3 Å². The number of aromatic amines is 1. The van der Waals surface area contributed by atoms with Crippen molar-refractivity contribution in [3.63, 3.8) is 0 Å². The van der Waals surface area contributed by atoms with Gasteiger partial charge in [0.1, 0.15) is 0 Å². The van der Waals surface area contributed by atoms with Crippen LogP contribution in [-0.2, 0) is 4.79 Å². The van der Waals surface area contributed by atoms with Gasteiger partial charge in [-0.05, 0) is 23.3 Å². The van der Waals surface area contributed by atoms with Crippen LogP contribution in [0, 0.1) is 5.92 Å². The van der Waals surface area contributed by atoms with E-state index in [2.05, 4.69) is 38.7 Å². The summed E-state index contributed by atoms with van der Waals surface area (Å²) >= 11 is 1.60. The summed E-state index contributed by atoms with van der Waals surface area (Å²) in [4.78, 5) is 17.4. The van der Waals surface area contributed by atoms with Crippen LogP contribution < -0.4 is 5.32 Å². The van der Waals surface area contributed by atoms with Crippen LogP contribution in [0.15, 0.2) is 54.9 Å². The number of nitrogens with zero attached hydrogens (tertiary/aromatic N) is 2. The molecule has 5 nitrogen and oxygen atoms in total. The molecule has 26 heavy (non-hydrogen) atoms. The maximum absolute atomic E-state index is 12.0. The van der Waals surface area contributed by atoms with Crippen molar-refractivity contribution in [2.24, 2.45) is 5.92 Å². The van der Waals surface area contributed by atoms with Crippen molar-refractivity contribution >= 4 is 33.3 Å². The van der Waals surface area contributed by atoms with E-state index in [4.69, 9.17) is 0 Å². The first kappa shape index (κ1) is 16.5. The Morgan fingerprint density at radius 3 is 2.73 bits per heavy atom. The molecule has 0 aliphatic rings. The molecule has 0 aliphatic carbocycles. The fourth-order valence-corrected chi connectivity index (χ4v) is 3.83. The molecule has 3 heterocycles. The average molecular weight is 362 g/mol. The number of hydrogen-bond acceptors (Lipinski definition) is 4. The lowest BCUT2D eigenvalue weighted by Gasteiger charge is -2.07. The smallest absolute Gasteiger partial charge is 0.228 e. The summed E-state index contributed by atoms with van der Waals surface area (Å²) in [5.74, 6) is 0.448. The second kappa shape index (κ2) is 6.72. The van der Waals surface area contributed by atoms with E-state index >= 15 is 0 Å². The van der Waals surface area contributed by atoms with Gasteiger partial charge in [-0.15, -0.1) is 11.3 Å². The van der Waals surface area contributed by atoms with E-state index in [0.29, 0.717) is 5.82 Å². The van der Waals surface area contributed by atoms with Crippen LogP contribution >= 0.6 is 11.3 Å². The van der Waals surface area contributed by atoms with Crippen molar-refractivity contribution in [1.29, 1.82) is 0 Å². The number of nitrogens with one attached hydrogen (secondary N) is 2. The predicted molar refractivity (Wildman–Crippen MR) is 106 cm³/mol. The quantitative estimate of drug-likeness (QED) is 0.540. The molecule has 0 saturated heterocycles. The molecule has 0 fully saturated rings. The van der Waals surface area contributed by atoms with Gasteiger partial charge in [0.2, 0.25) is 5.91 Å². The van der Waals surface area contributed by atoms with E-state index < -0.39 is 0 Å². The Hall–Kier alpha value is -2.99. The molecule has 0 radical (unpaired) electrons. The molecule has 0 spiro atoms. The molecular weight excluding hydrogens is 344 g/mol. The minimum Gasteiger partial charge on any atom is -0.308 e. The Morgan fingerprint density at radius 2 is 1.96 bits per heavy atom. The zero-order chi connectivity index (χ0) is 18.1. The highest BCUT2D eigenvalue weighted by atomic mass is 32.1. The van der Waals surface area contributed by atoms with Crippen LogP contribution in [-0.4, -0.2) is 21.1 Å². The molecule has 1 amide bonds. The van der Waals surface area contributed by atoms with Crippen molar-refractivity contribution in [3.05, 3.63) is 54.9 Å². The van der Waals surface area contributed by atoms with E-state index in [-0.39, 0.29) is 11.8 Å². The zero-order valence-electron chi connectivity index (χ0n) is 14.5. The van der Waals surface area contributed by atoms with Gasteiger partial charge in [0, 0.05) is 28.8 Å². The fraction of sp³-hybridized carbons (Fsp3) is 0.150. The molecule has 0 aliphatic heterocycles. The number of aromatic nitrogens is 3. The number of fused-ring (bicyclic) bond motifs is 1. The summed E-state index contributed by atoms with van der Waals surface area (Å²) in [6.07, 6.45) is 3.69. The minimum absolute atomic E-state index is 0.0419. The fourth-order valence-electron chi connectivity index (χ4n) is 2.76. The summed E-state index contributed by atoms with van der Waals surface area (Å²) in [7, 11) is 0. The van der Waals surface area contributed by atoms with Crippen molar-refractivity contribution in [2.75, 3.05) is 5.32 Å². The summed E-state index contributed by atoms with van der Waals surface area (Å²) < 4.78 is 0.942. The lowest BCUT2D eigenvalue weighted by molar-refractivity contribution is -0.118. The number of carbonyl (C=O) groups is 1. The molecule has 2 N–H and O–H groups in total. The van der Waals surface area contributed by atoms with Gasteiger partial charge in [-0.3, -0.25) is 14.9 Å². The first-order valence-electron chi connectivity index (χ1n) is 8.42. The minimum atomic E-state index is -0.0933. The monoisotopic (exact) mass is 362 g/mol. The van der Waals surface area contributed by atoms with E-state index in [9.17, 15) is 4.79 Å². The van der Waals surface area contributed by atoms with E-state index in [1.165, 1.54) is 0 Å². The van der Waals surface area contributed by atoms with Crippen LogP contribution in [0.25, 0.3) is 31.8 Å². The van der Waals surface area contributed by atoms with Crippen LogP contribution in [0.1, 0.15) is 13.8 Å². The van der Waals surface area contributed by atoms with Crippen molar-refractivity contribution < 1.29 is 4.79 Å². The van der Waals surface area contributed by atoms with Crippen molar-refractivity contribution in [3.8, 4) is 21.6 Å². The molecule has 6 heteroatoms. The molecular formula is C20H18N4OS. The number of carbonyl (C=O) groups excluding carboxylic acids is 1. The normalized spacial score (nSPS) is 11.2. The third-order valence-corrected chi connectivity index (χ3v) is 5.35. The number of hydrogen-bond donors (Lipinski definition) is 2. The Balaban J connectivity index is 1.77. The Morgan fingerprint density at radius 1 is 1.15 bits per heavy atom. The number of benzene rings is 1. The maximum atomic E-state index is 12.0. The Kier molecular flexibility index (Phi) is 4.26. The predicted octanol–water partition coefficient (Wildman–Crippen LogP) is 4.95. The van der Waals surface area contributed by atoms with Gasteiger partial charge in [-0.2, -0.15) is 5.10 Å². The summed E-state index contributed by atoms with van der Waals surface area (Å²) in [5, 5.41) is 10.1.